The molecule has 0 aromatic heterocycles. The highest BCUT2D eigenvalue weighted by Crippen LogP contribution is 2.35. The summed E-state index contributed by atoms with van der Waals surface area (Å²) < 4.78 is 13.0. The van der Waals surface area contributed by atoms with Gasteiger partial charge in [0, 0.05) is 23.8 Å². The molecule has 0 spiro atoms. The summed E-state index contributed by atoms with van der Waals surface area (Å²) in [6.45, 7) is 2.16. The zero-order valence-corrected chi connectivity index (χ0v) is 8.10. The van der Waals surface area contributed by atoms with Crippen LogP contribution in [0.4, 0.5) is 15.8 Å². The van der Waals surface area contributed by atoms with Gasteiger partial charge in [0.05, 0.1) is 0 Å². The van der Waals surface area contributed by atoms with Gasteiger partial charge in [-0.1, -0.05) is 0 Å². The van der Waals surface area contributed by atoms with Gasteiger partial charge in [0.2, 0.25) is 0 Å². The maximum atomic E-state index is 13.0. The standard InChI is InChI=1S/C11H13FN2/c1-6-2-7-3-10-8(4-9(7)13-6)5-11(12)14-10/h3-4,6,11,13-14H,2,5H2,1H3. The molecule has 2 aliphatic rings. The molecule has 0 amide bonds. The molecule has 0 aliphatic carbocycles. The summed E-state index contributed by atoms with van der Waals surface area (Å²) in [6, 6.07) is 4.68. The third kappa shape index (κ3) is 1.08. The van der Waals surface area contributed by atoms with Gasteiger partial charge in [0.15, 0.2) is 6.30 Å². The number of alkyl halides is 1. The minimum atomic E-state index is -0.898. The lowest BCUT2D eigenvalue weighted by Crippen LogP contribution is -2.08. The molecule has 2 heterocycles. The highest BCUT2D eigenvalue weighted by molar-refractivity contribution is 5.69. The van der Waals surface area contributed by atoms with E-state index in [0.29, 0.717) is 12.5 Å². The van der Waals surface area contributed by atoms with Crippen molar-refractivity contribution in [3.63, 3.8) is 0 Å². The average molecular weight is 192 g/mol. The summed E-state index contributed by atoms with van der Waals surface area (Å²) in [7, 11) is 0. The molecular formula is C11H13FN2. The van der Waals surface area contributed by atoms with Gasteiger partial charge in [0.1, 0.15) is 0 Å². The molecule has 2 unspecified atom stereocenters. The summed E-state index contributed by atoms with van der Waals surface area (Å²) in [5.41, 5.74) is 4.56. The molecule has 1 aromatic rings. The van der Waals surface area contributed by atoms with Crippen molar-refractivity contribution in [1.82, 2.24) is 0 Å². The van der Waals surface area contributed by atoms with Crippen LogP contribution in [0.2, 0.25) is 0 Å². The summed E-state index contributed by atoms with van der Waals surface area (Å²) in [4.78, 5) is 0. The number of halogens is 1. The largest absolute Gasteiger partial charge is 0.382 e. The van der Waals surface area contributed by atoms with Crippen LogP contribution in [0.3, 0.4) is 0 Å². The number of fused-ring (bicyclic) bond motifs is 2. The molecule has 0 saturated heterocycles. The van der Waals surface area contributed by atoms with Gasteiger partial charge in [-0.15, -0.1) is 0 Å². The second kappa shape index (κ2) is 2.62. The highest BCUT2D eigenvalue weighted by atomic mass is 19.1. The number of rotatable bonds is 0. The lowest BCUT2D eigenvalue weighted by Gasteiger charge is -2.04. The number of hydrogen-bond acceptors (Lipinski definition) is 2. The first kappa shape index (κ1) is 8.09. The molecule has 2 atom stereocenters. The normalized spacial score (nSPS) is 27.9. The lowest BCUT2D eigenvalue weighted by atomic mass is 10.1. The van der Waals surface area contributed by atoms with E-state index in [4.69, 9.17) is 0 Å². The van der Waals surface area contributed by atoms with Crippen LogP contribution in [0.1, 0.15) is 18.1 Å². The van der Waals surface area contributed by atoms with Crippen LogP contribution in [0, 0.1) is 0 Å². The van der Waals surface area contributed by atoms with E-state index in [1.165, 1.54) is 11.3 Å². The van der Waals surface area contributed by atoms with Gasteiger partial charge in [-0.2, -0.15) is 0 Å². The van der Waals surface area contributed by atoms with Crippen LogP contribution < -0.4 is 10.6 Å². The molecule has 2 nitrogen and oxygen atoms in total. The van der Waals surface area contributed by atoms with Crippen LogP contribution in [0.5, 0.6) is 0 Å². The Hall–Kier alpha value is -1.25. The fraction of sp³-hybridized carbons (Fsp3) is 0.455. The van der Waals surface area contributed by atoms with E-state index in [0.717, 1.165) is 17.7 Å². The Kier molecular flexibility index (Phi) is 1.52. The van der Waals surface area contributed by atoms with Crippen molar-refractivity contribution < 1.29 is 4.39 Å². The Labute approximate surface area is 82.5 Å². The van der Waals surface area contributed by atoms with Crippen LogP contribution >= 0.6 is 0 Å². The molecule has 74 valence electrons. The Morgan fingerprint density at radius 1 is 1.14 bits per heavy atom. The molecule has 14 heavy (non-hydrogen) atoms. The topological polar surface area (TPSA) is 24.1 Å². The SMILES string of the molecule is CC1Cc2cc3c(cc2N1)CC(F)N3. The molecule has 2 N–H and O–H groups in total. The predicted octanol–water partition coefficient (Wildman–Crippen LogP) is 2.31. The van der Waals surface area contributed by atoms with Gasteiger partial charge in [-0.05, 0) is 36.6 Å². The zero-order chi connectivity index (χ0) is 9.71. The molecule has 0 saturated carbocycles. The van der Waals surface area contributed by atoms with Crippen LogP contribution in [-0.4, -0.2) is 12.3 Å². The van der Waals surface area contributed by atoms with E-state index in [-0.39, 0.29) is 0 Å². The fourth-order valence-corrected chi connectivity index (χ4v) is 2.36. The Bertz CT molecular complexity index is 321. The second-order valence-electron chi connectivity index (χ2n) is 4.23. The number of hydrogen-bond donors (Lipinski definition) is 2. The van der Waals surface area contributed by atoms with E-state index < -0.39 is 6.30 Å². The van der Waals surface area contributed by atoms with Crippen molar-refractivity contribution in [2.45, 2.75) is 32.1 Å². The van der Waals surface area contributed by atoms with E-state index in [2.05, 4.69) is 29.7 Å². The van der Waals surface area contributed by atoms with Crippen LogP contribution in [0.25, 0.3) is 0 Å². The third-order valence-corrected chi connectivity index (χ3v) is 2.97. The van der Waals surface area contributed by atoms with E-state index in [1.807, 2.05) is 0 Å². The smallest absolute Gasteiger partial charge is 0.174 e. The summed E-state index contributed by atoms with van der Waals surface area (Å²) in [5, 5.41) is 6.24. The summed E-state index contributed by atoms with van der Waals surface area (Å²) in [5.74, 6) is 0. The first-order valence-electron chi connectivity index (χ1n) is 5.05. The third-order valence-electron chi connectivity index (χ3n) is 2.97. The first-order chi connectivity index (χ1) is 6.72. The quantitative estimate of drug-likeness (QED) is 0.616. The molecule has 0 fully saturated rings. The molecular weight excluding hydrogens is 179 g/mol. The fourth-order valence-electron chi connectivity index (χ4n) is 2.36. The second-order valence-corrected chi connectivity index (χ2v) is 4.23. The van der Waals surface area contributed by atoms with Gasteiger partial charge in [-0.25, -0.2) is 4.39 Å². The minimum Gasteiger partial charge on any atom is -0.382 e. The van der Waals surface area contributed by atoms with Crippen LogP contribution in [0.15, 0.2) is 12.1 Å². The monoisotopic (exact) mass is 192 g/mol. The lowest BCUT2D eigenvalue weighted by molar-refractivity contribution is 0.384. The van der Waals surface area contributed by atoms with E-state index >= 15 is 0 Å². The van der Waals surface area contributed by atoms with Crippen molar-refractivity contribution in [3.05, 3.63) is 23.3 Å². The predicted molar refractivity (Wildman–Crippen MR) is 55.5 cm³/mol. The Morgan fingerprint density at radius 2 is 1.79 bits per heavy atom. The molecule has 3 rings (SSSR count). The van der Waals surface area contributed by atoms with Gasteiger partial charge < -0.3 is 10.6 Å². The van der Waals surface area contributed by atoms with Crippen molar-refractivity contribution in [2.75, 3.05) is 10.6 Å². The highest BCUT2D eigenvalue weighted by Gasteiger charge is 2.24. The molecule has 3 heteroatoms. The van der Waals surface area contributed by atoms with Crippen molar-refractivity contribution >= 4 is 11.4 Å². The Morgan fingerprint density at radius 3 is 2.57 bits per heavy atom. The number of anilines is 2. The van der Waals surface area contributed by atoms with E-state index in [9.17, 15) is 4.39 Å². The number of benzene rings is 1. The number of nitrogens with one attached hydrogen (secondary N) is 2. The average Bonchev–Trinajstić information content (AvgIpc) is 2.59. The summed E-state index contributed by atoms with van der Waals surface area (Å²) >= 11 is 0. The summed E-state index contributed by atoms with van der Waals surface area (Å²) in [6.07, 6.45) is 0.643. The zero-order valence-electron chi connectivity index (χ0n) is 8.10. The van der Waals surface area contributed by atoms with E-state index in [1.54, 1.807) is 0 Å². The first-order valence-corrected chi connectivity index (χ1v) is 5.05. The van der Waals surface area contributed by atoms with Crippen LogP contribution in [-0.2, 0) is 12.8 Å². The molecule has 1 aromatic carbocycles. The van der Waals surface area contributed by atoms with Gasteiger partial charge in [0.25, 0.3) is 0 Å². The maximum Gasteiger partial charge on any atom is 0.174 e. The van der Waals surface area contributed by atoms with Crippen molar-refractivity contribution in [1.29, 1.82) is 0 Å². The minimum absolute atomic E-state index is 0.499. The molecule has 0 radical (unpaired) electrons. The molecule has 2 aliphatic heterocycles. The van der Waals surface area contributed by atoms with Gasteiger partial charge in [-0.3, -0.25) is 0 Å². The van der Waals surface area contributed by atoms with Crippen molar-refractivity contribution in [2.24, 2.45) is 0 Å². The molecule has 0 bridgehead atoms. The Balaban J connectivity index is 2.05. The maximum absolute atomic E-state index is 13.0. The van der Waals surface area contributed by atoms with Gasteiger partial charge >= 0.3 is 0 Å². The van der Waals surface area contributed by atoms with Crippen molar-refractivity contribution in [3.8, 4) is 0 Å².